The third-order valence-corrected chi connectivity index (χ3v) is 8.31. The molecule has 1 fully saturated rings. The number of carbonyl (C=O) groups is 2. The number of benzene rings is 1. The van der Waals surface area contributed by atoms with Crippen molar-refractivity contribution in [3.8, 4) is 0 Å². The van der Waals surface area contributed by atoms with Gasteiger partial charge in [0.2, 0.25) is 5.91 Å². The minimum atomic E-state index is -0.675. The standard InChI is InChI=1S/C33H40F2N6O4/c1-21-16-39(25(17-38-11-7-10-36-30(38)43)18-40(21)31(44)45-32(2,3)4)19-29(42)41-20-33(5,6)26-15-37-24(14-28(26)41)12-22-8-9-23(34)13-27(22)35/h7-11,13-15,21,25H,12,16-20H2,1-6H3. The summed E-state index contributed by atoms with van der Waals surface area (Å²) in [4.78, 5) is 53.5. The smallest absolute Gasteiger partial charge is 0.410 e. The van der Waals surface area contributed by atoms with E-state index in [1.807, 2.05) is 46.4 Å². The summed E-state index contributed by atoms with van der Waals surface area (Å²) in [5, 5.41) is 0. The fourth-order valence-corrected chi connectivity index (χ4v) is 6.04. The second kappa shape index (κ2) is 12.3. The van der Waals surface area contributed by atoms with E-state index < -0.39 is 29.0 Å². The van der Waals surface area contributed by atoms with Gasteiger partial charge in [0.05, 0.1) is 12.2 Å². The summed E-state index contributed by atoms with van der Waals surface area (Å²) in [5.41, 5.74) is 1.01. The first-order valence-corrected chi connectivity index (χ1v) is 15.1. The number of amides is 2. The van der Waals surface area contributed by atoms with Crippen LogP contribution in [0.4, 0.5) is 19.3 Å². The number of nitrogens with zero attached hydrogens (tertiary/aromatic N) is 6. The summed E-state index contributed by atoms with van der Waals surface area (Å²) in [6.45, 7) is 12.8. The molecule has 0 aliphatic carbocycles. The van der Waals surface area contributed by atoms with Crippen LogP contribution in [0.5, 0.6) is 0 Å². The predicted molar refractivity (Wildman–Crippen MR) is 165 cm³/mol. The maximum atomic E-state index is 14.4. The van der Waals surface area contributed by atoms with Gasteiger partial charge in [-0.05, 0) is 51.5 Å². The van der Waals surface area contributed by atoms with Crippen molar-refractivity contribution in [1.29, 1.82) is 0 Å². The molecule has 5 rings (SSSR count). The highest BCUT2D eigenvalue weighted by Crippen LogP contribution is 2.41. The third kappa shape index (κ3) is 7.22. The maximum absolute atomic E-state index is 14.4. The zero-order valence-electron chi connectivity index (χ0n) is 26.6. The van der Waals surface area contributed by atoms with Gasteiger partial charge in [-0.3, -0.25) is 19.2 Å². The van der Waals surface area contributed by atoms with Gasteiger partial charge in [-0.1, -0.05) is 19.9 Å². The molecule has 0 N–H and O–H groups in total. The van der Waals surface area contributed by atoms with E-state index in [0.29, 0.717) is 30.0 Å². The Labute approximate surface area is 261 Å². The molecule has 0 radical (unpaired) electrons. The molecule has 4 heterocycles. The van der Waals surface area contributed by atoms with Gasteiger partial charge in [0.15, 0.2) is 0 Å². The molecule has 0 saturated carbocycles. The Kier molecular flexibility index (Phi) is 8.81. The fraction of sp³-hybridized carbons (Fsp3) is 0.485. The Morgan fingerprint density at radius 2 is 1.87 bits per heavy atom. The molecule has 1 aromatic carbocycles. The van der Waals surface area contributed by atoms with Crippen LogP contribution >= 0.6 is 0 Å². The van der Waals surface area contributed by atoms with Crippen molar-refractivity contribution in [2.75, 3.05) is 31.1 Å². The van der Waals surface area contributed by atoms with E-state index in [-0.39, 0.29) is 49.5 Å². The molecule has 2 amide bonds. The number of fused-ring (bicyclic) bond motifs is 1. The van der Waals surface area contributed by atoms with Gasteiger partial charge in [-0.15, -0.1) is 0 Å². The molecular formula is C33H40F2N6O4. The van der Waals surface area contributed by atoms with Crippen LogP contribution < -0.4 is 10.6 Å². The molecule has 0 bridgehead atoms. The Morgan fingerprint density at radius 1 is 1.11 bits per heavy atom. The van der Waals surface area contributed by atoms with Crippen LogP contribution in [-0.2, 0) is 27.9 Å². The average Bonchev–Trinajstić information content (AvgIpc) is 3.21. The number of hydrogen-bond donors (Lipinski definition) is 0. The van der Waals surface area contributed by atoms with Crippen molar-refractivity contribution in [3.63, 3.8) is 0 Å². The lowest BCUT2D eigenvalue weighted by molar-refractivity contribution is -0.121. The van der Waals surface area contributed by atoms with Crippen LogP contribution in [-0.4, -0.2) is 80.2 Å². The summed E-state index contributed by atoms with van der Waals surface area (Å²) < 4.78 is 35.0. The lowest BCUT2D eigenvalue weighted by Gasteiger charge is -2.45. The van der Waals surface area contributed by atoms with Crippen LogP contribution in [0.3, 0.4) is 0 Å². The number of pyridine rings is 1. The van der Waals surface area contributed by atoms with E-state index in [4.69, 9.17) is 4.74 Å². The third-order valence-electron chi connectivity index (χ3n) is 8.31. The minimum absolute atomic E-state index is 0.0476. The van der Waals surface area contributed by atoms with Gasteiger partial charge in [0.25, 0.3) is 0 Å². The molecule has 10 nitrogen and oxygen atoms in total. The number of piperazine rings is 1. The second-order valence-corrected chi connectivity index (χ2v) is 13.6. The van der Waals surface area contributed by atoms with Gasteiger partial charge in [-0.25, -0.2) is 23.4 Å². The summed E-state index contributed by atoms with van der Waals surface area (Å²) in [6.07, 6.45) is 4.50. The summed E-state index contributed by atoms with van der Waals surface area (Å²) in [5.74, 6) is -1.44. The molecule has 240 valence electrons. The quantitative estimate of drug-likeness (QED) is 0.408. The van der Waals surface area contributed by atoms with Crippen LogP contribution in [0.25, 0.3) is 0 Å². The zero-order chi connectivity index (χ0) is 32.7. The molecular weight excluding hydrogens is 582 g/mol. The minimum Gasteiger partial charge on any atom is -0.444 e. The molecule has 2 unspecified atom stereocenters. The number of ether oxygens (including phenoxy) is 1. The Morgan fingerprint density at radius 3 is 2.56 bits per heavy atom. The molecule has 45 heavy (non-hydrogen) atoms. The maximum Gasteiger partial charge on any atom is 0.410 e. The first kappa shape index (κ1) is 32.2. The Balaban J connectivity index is 1.40. The van der Waals surface area contributed by atoms with E-state index in [0.717, 1.165) is 11.6 Å². The van der Waals surface area contributed by atoms with Crippen LogP contribution in [0, 0.1) is 11.6 Å². The SMILES string of the molecule is CC1CN(CC(=O)N2CC(C)(C)c3cnc(Cc4ccc(F)cc4F)cc32)C(Cn2cccnc2=O)CN1C(=O)OC(C)(C)C. The van der Waals surface area contributed by atoms with Crippen molar-refractivity contribution in [2.45, 2.75) is 77.6 Å². The molecule has 12 heteroatoms. The molecule has 2 aliphatic rings. The molecule has 2 aliphatic heterocycles. The lowest BCUT2D eigenvalue weighted by atomic mass is 9.88. The lowest BCUT2D eigenvalue weighted by Crippen LogP contribution is -2.62. The zero-order valence-corrected chi connectivity index (χ0v) is 26.6. The Bertz CT molecular complexity index is 1650. The largest absolute Gasteiger partial charge is 0.444 e. The van der Waals surface area contributed by atoms with Crippen molar-refractivity contribution < 1.29 is 23.1 Å². The number of rotatable bonds is 6. The summed E-state index contributed by atoms with van der Waals surface area (Å²) in [6, 6.07) is 6.31. The highest BCUT2D eigenvalue weighted by molar-refractivity contribution is 5.97. The fourth-order valence-electron chi connectivity index (χ4n) is 6.04. The molecule has 2 atom stereocenters. The topological polar surface area (TPSA) is 101 Å². The first-order valence-electron chi connectivity index (χ1n) is 15.1. The molecule has 1 saturated heterocycles. The highest BCUT2D eigenvalue weighted by Gasteiger charge is 2.42. The highest BCUT2D eigenvalue weighted by atomic mass is 19.1. The number of anilines is 1. The average molecular weight is 623 g/mol. The van der Waals surface area contributed by atoms with Gasteiger partial charge in [0, 0.05) is 86.0 Å². The first-order chi connectivity index (χ1) is 21.1. The van der Waals surface area contributed by atoms with Crippen LogP contribution in [0.1, 0.15) is 58.4 Å². The van der Waals surface area contributed by atoms with E-state index in [9.17, 15) is 23.2 Å². The number of hydrogen-bond acceptors (Lipinski definition) is 7. The van der Waals surface area contributed by atoms with Crippen molar-refractivity contribution >= 4 is 17.7 Å². The van der Waals surface area contributed by atoms with Crippen molar-refractivity contribution in [2.24, 2.45) is 0 Å². The van der Waals surface area contributed by atoms with E-state index >= 15 is 0 Å². The molecule has 0 spiro atoms. The number of halogens is 2. The summed E-state index contributed by atoms with van der Waals surface area (Å²) >= 11 is 0. The van der Waals surface area contributed by atoms with E-state index in [1.54, 1.807) is 34.3 Å². The van der Waals surface area contributed by atoms with Crippen LogP contribution in [0.2, 0.25) is 0 Å². The molecule has 2 aromatic heterocycles. The predicted octanol–water partition coefficient (Wildman–Crippen LogP) is 4.14. The Hall–Kier alpha value is -4.19. The second-order valence-electron chi connectivity index (χ2n) is 13.6. The normalized spacial score (nSPS) is 19.8. The van der Waals surface area contributed by atoms with Crippen molar-refractivity contribution in [1.82, 2.24) is 24.3 Å². The van der Waals surface area contributed by atoms with Gasteiger partial charge in [0.1, 0.15) is 17.2 Å². The monoisotopic (exact) mass is 622 g/mol. The summed E-state index contributed by atoms with van der Waals surface area (Å²) in [7, 11) is 0. The van der Waals surface area contributed by atoms with E-state index in [1.165, 1.54) is 22.9 Å². The van der Waals surface area contributed by atoms with Crippen LogP contribution in [0.15, 0.2) is 53.7 Å². The van der Waals surface area contributed by atoms with Gasteiger partial charge in [-0.2, -0.15) is 0 Å². The van der Waals surface area contributed by atoms with Gasteiger partial charge < -0.3 is 14.5 Å². The number of aromatic nitrogens is 3. The van der Waals surface area contributed by atoms with Crippen molar-refractivity contribution in [3.05, 3.63) is 87.9 Å². The van der Waals surface area contributed by atoms with E-state index in [2.05, 4.69) is 9.97 Å². The number of carbonyl (C=O) groups excluding carboxylic acids is 2. The molecule has 3 aromatic rings. The van der Waals surface area contributed by atoms with Gasteiger partial charge >= 0.3 is 11.8 Å².